The molecule has 0 saturated heterocycles. The third-order valence-electron chi connectivity index (χ3n) is 5.25. The second-order valence-corrected chi connectivity index (χ2v) is 9.38. The summed E-state index contributed by atoms with van der Waals surface area (Å²) in [6.45, 7) is 5.44. The highest BCUT2D eigenvalue weighted by atomic mass is 16.6. The first kappa shape index (κ1) is 25.2. The van der Waals surface area contributed by atoms with Crippen LogP contribution in [0.25, 0.3) is 0 Å². The van der Waals surface area contributed by atoms with Crippen molar-refractivity contribution in [2.24, 2.45) is 4.99 Å². The number of amides is 1. The molecular weight excluding hydrogens is 428 g/mol. The first-order valence-electron chi connectivity index (χ1n) is 11.6. The maximum atomic E-state index is 12.5. The number of aliphatic hydroxyl groups excluding tert-OH is 1. The summed E-state index contributed by atoms with van der Waals surface area (Å²) < 4.78 is 10.8. The quantitative estimate of drug-likeness (QED) is 0.406. The lowest BCUT2D eigenvalue weighted by Gasteiger charge is -2.28. The molecule has 1 aromatic heterocycles. The lowest BCUT2D eigenvalue weighted by molar-refractivity contribution is 0.0406. The van der Waals surface area contributed by atoms with Gasteiger partial charge in [0.15, 0.2) is 0 Å². The second-order valence-electron chi connectivity index (χ2n) is 9.38. The number of rotatable bonds is 10. The summed E-state index contributed by atoms with van der Waals surface area (Å²) in [6, 6.07) is 22.7. The maximum absolute atomic E-state index is 12.5. The average Bonchev–Trinajstić information content (AvgIpc) is 3.31. The van der Waals surface area contributed by atoms with Crippen molar-refractivity contribution in [3.8, 4) is 0 Å². The van der Waals surface area contributed by atoms with Crippen molar-refractivity contribution in [2.45, 2.75) is 63.8 Å². The molecule has 0 saturated carbocycles. The van der Waals surface area contributed by atoms with Gasteiger partial charge in [0.05, 0.1) is 30.7 Å². The van der Waals surface area contributed by atoms with Crippen LogP contribution in [-0.4, -0.2) is 41.2 Å². The van der Waals surface area contributed by atoms with Crippen molar-refractivity contribution < 1.29 is 19.1 Å². The van der Waals surface area contributed by atoms with Gasteiger partial charge >= 0.3 is 6.09 Å². The monoisotopic (exact) mass is 462 g/mol. The number of hydrogen-bond acceptors (Lipinski definition) is 5. The first-order chi connectivity index (χ1) is 16.3. The fraction of sp³-hybridized carbons (Fsp3) is 0.357. The molecule has 34 heavy (non-hydrogen) atoms. The predicted octanol–water partition coefficient (Wildman–Crippen LogP) is 5.20. The van der Waals surface area contributed by atoms with Gasteiger partial charge in [-0.15, -0.1) is 0 Å². The molecule has 0 aliphatic carbocycles. The van der Waals surface area contributed by atoms with Gasteiger partial charge < -0.3 is 19.6 Å². The van der Waals surface area contributed by atoms with Gasteiger partial charge in [-0.25, -0.2) is 4.79 Å². The summed E-state index contributed by atoms with van der Waals surface area (Å²) in [6.07, 6.45) is 3.39. The second kappa shape index (κ2) is 12.2. The van der Waals surface area contributed by atoms with Gasteiger partial charge in [-0.2, -0.15) is 0 Å². The van der Waals surface area contributed by atoms with Crippen molar-refractivity contribution in [2.75, 3.05) is 0 Å². The molecule has 180 valence electrons. The van der Waals surface area contributed by atoms with E-state index in [9.17, 15) is 9.90 Å². The Balaban J connectivity index is 1.77. The normalized spacial score (nSPS) is 14.5. The molecular formula is C28H34N2O4. The number of aliphatic imine (C=N–C) groups is 1. The number of nitrogens with one attached hydrogen (secondary N) is 1. The molecule has 6 nitrogen and oxygen atoms in total. The van der Waals surface area contributed by atoms with Gasteiger partial charge in [0.25, 0.3) is 0 Å². The van der Waals surface area contributed by atoms with Crippen LogP contribution >= 0.6 is 0 Å². The molecule has 0 bridgehead atoms. The largest absolute Gasteiger partial charge is 0.463 e. The molecule has 0 unspecified atom stereocenters. The van der Waals surface area contributed by atoms with E-state index in [0.29, 0.717) is 25.0 Å². The van der Waals surface area contributed by atoms with Crippen LogP contribution in [0.15, 0.2) is 88.5 Å². The Bertz CT molecular complexity index is 1010. The number of carbonyl (C=O) groups excluding carboxylic acids is 1. The Kier molecular flexibility index (Phi) is 9.05. The van der Waals surface area contributed by atoms with Crippen molar-refractivity contribution in [3.63, 3.8) is 0 Å². The van der Waals surface area contributed by atoms with Crippen LogP contribution in [-0.2, 0) is 17.6 Å². The Morgan fingerprint density at radius 2 is 1.62 bits per heavy atom. The molecule has 6 heteroatoms. The van der Waals surface area contributed by atoms with E-state index in [1.807, 2.05) is 93.6 Å². The van der Waals surface area contributed by atoms with Crippen LogP contribution in [0.2, 0.25) is 0 Å². The van der Waals surface area contributed by atoms with E-state index in [0.717, 1.165) is 11.1 Å². The topological polar surface area (TPSA) is 84.1 Å². The third-order valence-corrected chi connectivity index (χ3v) is 5.25. The molecule has 2 aromatic carbocycles. The maximum Gasteiger partial charge on any atom is 0.407 e. The molecule has 3 atom stereocenters. The van der Waals surface area contributed by atoms with Crippen LogP contribution in [0.1, 0.15) is 44.1 Å². The Morgan fingerprint density at radius 3 is 2.18 bits per heavy atom. The molecule has 2 N–H and O–H groups in total. The summed E-state index contributed by atoms with van der Waals surface area (Å²) in [4.78, 5) is 17.2. The summed E-state index contributed by atoms with van der Waals surface area (Å²) in [5.74, 6) is 0.653. The predicted molar refractivity (Wildman–Crippen MR) is 134 cm³/mol. The molecule has 1 heterocycles. The first-order valence-corrected chi connectivity index (χ1v) is 11.6. The van der Waals surface area contributed by atoms with Gasteiger partial charge in [-0.1, -0.05) is 60.7 Å². The lowest BCUT2D eigenvalue weighted by atomic mass is 9.94. The van der Waals surface area contributed by atoms with Crippen molar-refractivity contribution in [3.05, 3.63) is 95.9 Å². The van der Waals surface area contributed by atoms with Crippen LogP contribution < -0.4 is 5.32 Å². The number of benzene rings is 2. The van der Waals surface area contributed by atoms with E-state index in [-0.39, 0.29) is 6.04 Å². The molecule has 3 rings (SSSR count). The molecule has 0 aliphatic heterocycles. The zero-order valence-electron chi connectivity index (χ0n) is 20.1. The molecule has 0 aliphatic rings. The SMILES string of the molecule is CC(C)(C)OC(=O)N[C@@H](Cc1ccccc1)[C@H](O)C[C@H](Cc1ccccc1)N=Cc1ccco1. The van der Waals surface area contributed by atoms with Crippen molar-refractivity contribution in [1.29, 1.82) is 0 Å². The van der Waals surface area contributed by atoms with E-state index in [2.05, 4.69) is 5.32 Å². The van der Waals surface area contributed by atoms with Crippen LogP contribution in [0.4, 0.5) is 4.79 Å². The fourth-order valence-corrected chi connectivity index (χ4v) is 3.68. The Labute approximate surface area is 201 Å². The van der Waals surface area contributed by atoms with Crippen LogP contribution in [0.5, 0.6) is 0 Å². The standard InChI is InChI=1S/C28H34N2O4/c1-28(2,3)34-27(32)30-25(18-22-13-8-5-9-14-22)26(31)19-23(17-21-11-6-4-7-12-21)29-20-24-15-10-16-33-24/h4-16,20,23,25-26,31H,17-19H2,1-3H3,(H,30,32)/t23-,25-,26+/m0/s1. The molecule has 1 amide bonds. The van der Waals surface area contributed by atoms with Crippen LogP contribution in [0.3, 0.4) is 0 Å². The number of carbonyl (C=O) groups is 1. The number of alkyl carbamates (subject to hydrolysis) is 1. The van der Waals surface area contributed by atoms with E-state index in [1.165, 1.54) is 0 Å². The highest BCUT2D eigenvalue weighted by Gasteiger charge is 2.27. The minimum Gasteiger partial charge on any atom is -0.463 e. The molecule has 3 aromatic rings. The smallest absolute Gasteiger partial charge is 0.407 e. The Morgan fingerprint density at radius 1 is 1.00 bits per heavy atom. The van der Waals surface area contributed by atoms with Crippen molar-refractivity contribution >= 4 is 12.3 Å². The van der Waals surface area contributed by atoms with E-state index in [1.54, 1.807) is 12.5 Å². The molecule has 0 radical (unpaired) electrons. The summed E-state index contributed by atoms with van der Waals surface area (Å²) in [5.41, 5.74) is 1.51. The van der Waals surface area contributed by atoms with E-state index in [4.69, 9.17) is 14.1 Å². The van der Waals surface area contributed by atoms with Gasteiger partial charge in [-0.05, 0) is 63.3 Å². The van der Waals surface area contributed by atoms with Crippen molar-refractivity contribution in [1.82, 2.24) is 5.32 Å². The van der Waals surface area contributed by atoms with Gasteiger partial charge in [0, 0.05) is 0 Å². The fourth-order valence-electron chi connectivity index (χ4n) is 3.68. The van der Waals surface area contributed by atoms with Gasteiger partial charge in [-0.3, -0.25) is 4.99 Å². The minimum atomic E-state index is -0.838. The Hall–Kier alpha value is -3.38. The summed E-state index contributed by atoms with van der Waals surface area (Å²) >= 11 is 0. The number of aliphatic hydroxyl groups is 1. The number of nitrogens with zero attached hydrogens (tertiary/aromatic N) is 1. The lowest BCUT2D eigenvalue weighted by Crippen LogP contribution is -2.47. The zero-order chi connectivity index (χ0) is 24.4. The van der Waals surface area contributed by atoms with E-state index >= 15 is 0 Å². The zero-order valence-corrected chi connectivity index (χ0v) is 20.1. The average molecular weight is 463 g/mol. The van der Waals surface area contributed by atoms with Gasteiger partial charge in [0.1, 0.15) is 11.4 Å². The van der Waals surface area contributed by atoms with E-state index < -0.39 is 23.8 Å². The highest BCUT2D eigenvalue weighted by Crippen LogP contribution is 2.17. The highest BCUT2D eigenvalue weighted by molar-refractivity contribution is 5.75. The number of furan rings is 1. The molecule has 0 spiro atoms. The van der Waals surface area contributed by atoms with Crippen LogP contribution in [0, 0.1) is 0 Å². The summed E-state index contributed by atoms with van der Waals surface area (Å²) in [7, 11) is 0. The number of ether oxygens (including phenoxy) is 1. The molecule has 0 fully saturated rings. The summed E-state index contributed by atoms with van der Waals surface area (Å²) in [5, 5.41) is 14.1. The minimum absolute atomic E-state index is 0.207. The van der Waals surface area contributed by atoms with Gasteiger partial charge in [0.2, 0.25) is 0 Å². The number of hydrogen-bond donors (Lipinski definition) is 2. The third kappa shape index (κ3) is 8.87.